The summed E-state index contributed by atoms with van der Waals surface area (Å²) in [6, 6.07) is 10.6. The summed E-state index contributed by atoms with van der Waals surface area (Å²) in [5, 5.41) is 9.96. The molecular weight excluding hydrogens is 234 g/mol. The van der Waals surface area contributed by atoms with E-state index in [-0.39, 0.29) is 6.10 Å². The van der Waals surface area contributed by atoms with Crippen LogP contribution < -0.4 is 0 Å². The van der Waals surface area contributed by atoms with Crippen LogP contribution in [0.2, 0.25) is 0 Å². The van der Waals surface area contributed by atoms with Crippen molar-refractivity contribution in [3.63, 3.8) is 0 Å². The van der Waals surface area contributed by atoms with E-state index in [1.54, 1.807) is 0 Å². The van der Waals surface area contributed by atoms with Crippen molar-refractivity contribution in [2.75, 3.05) is 13.6 Å². The van der Waals surface area contributed by atoms with Gasteiger partial charge in [-0.15, -0.1) is 0 Å². The minimum Gasteiger partial charge on any atom is -0.393 e. The highest BCUT2D eigenvalue weighted by atomic mass is 16.3. The van der Waals surface area contributed by atoms with Gasteiger partial charge in [0.2, 0.25) is 0 Å². The molecule has 2 unspecified atom stereocenters. The van der Waals surface area contributed by atoms with Gasteiger partial charge in [-0.2, -0.15) is 0 Å². The van der Waals surface area contributed by atoms with E-state index in [4.69, 9.17) is 0 Å². The van der Waals surface area contributed by atoms with Crippen molar-refractivity contribution in [2.45, 2.75) is 51.2 Å². The molecule has 1 aliphatic rings. The van der Waals surface area contributed by atoms with E-state index < -0.39 is 0 Å². The van der Waals surface area contributed by atoms with Crippen LogP contribution in [0, 0.1) is 5.92 Å². The van der Waals surface area contributed by atoms with E-state index in [2.05, 4.69) is 42.3 Å². The summed E-state index contributed by atoms with van der Waals surface area (Å²) in [6.45, 7) is 2.15. The van der Waals surface area contributed by atoms with Crippen LogP contribution in [-0.4, -0.2) is 29.7 Å². The second kappa shape index (κ2) is 7.66. The number of nitrogens with zero attached hydrogens (tertiary/aromatic N) is 1. The minimum atomic E-state index is -0.0341. The van der Waals surface area contributed by atoms with Gasteiger partial charge in [-0.05, 0) is 50.8 Å². The molecule has 1 N–H and O–H groups in total. The predicted octanol–water partition coefficient (Wildman–Crippen LogP) is 3.45. The van der Waals surface area contributed by atoms with Crippen LogP contribution in [0.25, 0.3) is 0 Å². The molecule has 1 saturated carbocycles. The van der Waals surface area contributed by atoms with Crippen LogP contribution in [0.4, 0.5) is 0 Å². The Morgan fingerprint density at radius 1 is 1.16 bits per heavy atom. The number of aliphatic hydroxyl groups excluding tert-OH is 1. The van der Waals surface area contributed by atoms with Crippen molar-refractivity contribution in [1.29, 1.82) is 0 Å². The lowest BCUT2D eigenvalue weighted by atomic mass is 9.83. The third kappa shape index (κ3) is 4.96. The zero-order chi connectivity index (χ0) is 13.5. The van der Waals surface area contributed by atoms with Gasteiger partial charge < -0.3 is 10.0 Å². The third-order valence-corrected chi connectivity index (χ3v) is 4.28. The van der Waals surface area contributed by atoms with Gasteiger partial charge in [-0.1, -0.05) is 43.2 Å². The average Bonchev–Trinajstić information content (AvgIpc) is 2.42. The Morgan fingerprint density at radius 2 is 1.89 bits per heavy atom. The normalized spacial score (nSPS) is 23.7. The molecule has 2 heteroatoms. The molecule has 0 bridgehead atoms. The van der Waals surface area contributed by atoms with Gasteiger partial charge in [-0.3, -0.25) is 0 Å². The summed E-state index contributed by atoms with van der Waals surface area (Å²) in [4.78, 5) is 2.38. The first kappa shape index (κ1) is 14.5. The lowest BCUT2D eigenvalue weighted by molar-refractivity contribution is 0.0627. The largest absolute Gasteiger partial charge is 0.393 e. The molecule has 19 heavy (non-hydrogen) atoms. The average molecular weight is 261 g/mol. The Bertz CT molecular complexity index is 352. The smallest absolute Gasteiger partial charge is 0.0568 e. The predicted molar refractivity (Wildman–Crippen MR) is 80.0 cm³/mol. The summed E-state index contributed by atoms with van der Waals surface area (Å²) in [7, 11) is 2.18. The Labute approximate surface area is 117 Å². The van der Waals surface area contributed by atoms with E-state index in [9.17, 15) is 5.11 Å². The molecule has 0 aliphatic heterocycles. The fourth-order valence-electron chi connectivity index (χ4n) is 3.12. The molecule has 0 saturated heterocycles. The minimum absolute atomic E-state index is 0.0341. The molecule has 0 heterocycles. The van der Waals surface area contributed by atoms with Crippen molar-refractivity contribution < 1.29 is 5.11 Å². The molecular formula is C17H27NO. The monoisotopic (exact) mass is 261 g/mol. The molecule has 2 nitrogen and oxygen atoms in total. The van der Waals surface area contributed by atoms with Crippen molar-refractivity contribution in [2.24, 2.45) is 5.92 Å². The maximum atomic E-state index is 9.96. The molecule has 0 radical (unpaired) electrons. The first-order valence-corrected chi connectivity index (χ1v) is 7.66. The molecule has 0 amide bonds. The van der Waals surface area contributed by atoms with Gasteiger partial charge in [-0.25, -0.2) is 0 Å². The van der Waals surface area contributed by atoms with E-state index in [1.807, 2.05) is 0 Å². The van der Waals surface area contributed by atoms with Gasteiger partial charge in [0, 0.05) is 6.54 Å². The summed E-state index contributed by atoms with van der Waals surface area (Å²) < 4.78 is 0. The fourth-order valence-corrected chi connectivity index (χ4v) is 3.12. The van der Waals surface area contributed by atoms with Crippen LogP contribution in [0.3, 0.4) is 0 Å². The molecule has 1 aromatic rings. The Morgan fingerprint density at radius 3 is 2.63 bits per heavy atom. The molecule has 0 aromatic heterocycles. The lowest BCUT2D eigenvalue weighted by Gasteiger charge is -2.28. The van der Waals surface area contributed by atoms with Crippen LogP contribution >= 0.6 is 0 Å². The number of rotatable bonds is 6. The van der Waals surface area contributed by atoms with Crippen molar-refractivity contribution >= 4 is 0 Å². The van der Waals surface area contributed by atoms with E-state index >= 15 is 0 Å². The highest BCUT2D eigenvalue weighted by molar-refractivity contribution is 5.14. The Kier molecular flexibility index (Phi) is 5.87. The topological polar surface area (TPSA) is 23.5 Å². The van der Waals surface area contributed by atoms with Crippen molar-refractivity contribution in [3.8, 4) is 0 Å². The lowest BCUT2D eigenvalue weighted by Crippen LogP contribution is -2.26. The van der Waals surface area contributed by atoms with Crippen LogP contribution in [-0.2, 0) is 6.54 Å². The van der Waals surface area contributed by atoms with Crippen molar-refractivity contribution in [1.82, 2.24) is 4.90 Å². The SMILES string of the molecule is CN(CCCC1CCCCC1O)Cc1ccccc1. The first-order chi connectivity index (χ1) is 9.25. The highest BCUT2D eigenvalue weighted by Crippen LogP contribution is 2.27. The number of aliphatic hydroxyl groups is 1. The summed E-state index contributed by atoms with van der Waals surface area (Å²) in [5.74, 6) is 0.555. The van der Waals surface area contributed by atoms with Gasteiger partial charge >= 0.3 is 0 Å². The van der Waals surface area contributed by atoms with Gasteiger partial charge in [0.15, 0.2) is 0 Å². The molecule has 2 atom stereocenters. The highest BCUT2D eigenvalue weighted by Gasteiger charge is 2.22. The zero-order valence-electron chi connectivity index (χ0n) is 12.1. The molecule has 1 aliphatic carbocycles. The molecule has 1 aromatic carbocycles. The number of hydrogen-bond donors (Lipinski definition) is 1. The van der Waals surface area contributed by atoms with Crippen LogP contribution in [0.5, 0.6) is 0 Å². The second-order valence-corrected chi connectivity index (χ2v) is 5.98. The van der Waals surface area contributed by atoms with E-state index in [0.29, 0.717) is 5.92 Å². The van der Waals surface area contributed by atoms with Crippen LogP contribution in [0.15, 0.2) is 30.3 Å². The zero-order valence-corrected chi connectivity index (χ0v) is 12.1. The fraction of sp³-hybridized carbons (Fsp3) is 0.647. The van der Waals surface area contributed by atoms with Crippen molar-refractivity contribution in [3.05, 3.63) is 35.9 Å². The van der Waals surface area contributed by atoms with Crippen LogP contribution in [0.1, 0.15) is 44.1 Å². The van der Waals surface area contributed by atoms with Gasteiger partial charge in [0.25, 0.3) is 0 Å². The second-order valence-electron chi connectivity index (χ2n) is 5.98. The maximum absolute atomic E-state index is 9.96. The summed E-state index contributed by atoms with van der Waals surface area (Å²) >= 11 is 0. The maximum Gasteiger partial charge on any atom is 0.0568 e. The quantitative estimate of drug-likeness (QED) is 0.848. The molecule has 2 rings (SSSR count). The Balaban J connectivity index is 1.65. The standard InChI is InChI=1S/C17H27NO/c1-18(14-15-8-3-2-4-9-15)13-7-11-16-10-5-6-12-17(16)19/h2-4,8-9,16-17,19H,5-7,10-14H2,1H3. The summed E-state index contributed by atoms with van der Waals surface area (Å²) in [5.41, 5.74) is 1.38. The number of hydrogen-bond acceptors (Lipinski definition) is 2. The van der Waals surface area contributed by atoms with Gasteiger partial charge in [0.1, 0.15) is 0 Å². The van der Waals surface area contributed by atoms with Gasteiger partial charge in [0.05, 0.1) is 6.10 Å². The van der Waals surface area contributed by atoms with E-state index in [0.717, 1.165) is 19.5 Å². The summed E-state index contributed by atoms with van der Waals surface area (Å²) in [6.07, 6.45) is 7.11. The third-order valence-electron chi connectivity index (χ3n) is 4.28. The van der Waals surface area contributed by atoms with E-state index in [1.165, 1.54) is 37.7 Å². The first-order valence-electron chi connectivity index (χ1n) is 7.66. The Hall–Kier alpha value is -0.860. The molecule has 1 fully saturated rings. The molecule has 106 valence electrons. The molecule has 0 spiro atoms. The number of benzene rings is 1.